The van der Waals surface area contributed by atoms with Crippen LogP contribution >= 0.6 is 11.3 Å². The molecule has 2 amide bonds. The molecule has 1 atom stereocenters. The van der Waals surface area contributed by atoms with Crippen LogP contribution in [0.5, 0.6) is 5.75 Å². The van der Waals surface area contributed by atoms with E-state index in [1.807, 2.05) is 29.6 Å². The van der Waals surface area contributed by atoms with E-state index < -0.39 is 6.10 Å². The van der Waals surface area contributed by atoms with Gasteiger partial charge in [-0.05, 0) is 31.2 Å². The minimum atomic E-state index is -0.636. The summed E-state index contributed by atoms with van der Waals surface area (Å²) >= 11 is 1.31. The summed E-state index contributed by atoms with van der Waals surface area (Å²) in [7, 11) is 0. The lowest BCUT2D eigenvalue weighted by atomic mass is 10.2. The van der Waals surface area contributed by atoms with Gasteiger partial charge in [-0.2, -0.15) is 0 Å². The maximum absolute atomic E-state index is 12.5. The average Bonchev–Trinajstić information content (AvgIpc) is 3.14. The lowest BCUT2D eigenvalue weighted by Crippen LogP contribution is -2.47. The third-order valence-corrected chi connectivity index (χ3v) is 4.81. The normalized spacial score (nSPS) is 15.8. The Labute approximate surface area is 159 Å². The molecule has 3 aromatic rings. The molecule has 0 aliphatic carbocycles. The summed E-state index contributed by atoms with van der Waals surface area (Å²) in [5, 5.41) is 5.04. The van der Waals surface area contributed by atoms with E-state index in [-0.39, 0.29) is 18.4 Å². The first kappa shape index (κ1) is 17.2. The van der Waals surface area contributed by atoms with Gasteiger partial charge in [-0.15, -0.1) is 11.3 Å². The van der Waals surface area contributed by atoms with Gasteiger partial charge in [0.2, 0.25) is 5.91 Å². The van der Waals surface area contributed by atoms with Crippen molar-refractivity contribution >= 4 is 34.0 Å². The zero-order chi connectivity index (χ0) is 18.8. The maximum atomic E-state index is 12.5. The van der Waals surface area contributed by atoms with Gasteiger partial charge < -0.3 is 10.1 Å². The molecule has 1 aliphatic heterocycles. The van der Waals surface area contributed by atoms with Gasteiger partial charge in [0.05, 0.1) is 11.4 Å². The molecule has 136 valence electrons. The Bertz CT molecular complexity index is 989. The Morgan fingerprint density at radius 2 is 2.04 bits per heavy atom. The fourth-order valence-electron chi connectivity index (χ4n) is 2.79. The molecule has 0 saturated heterocycles. The van der Waals surface area contributed by atoms with Crippen LogP contribution in [0, 0.1) is 0 Å². The first-order chi connectivity index (χ1) is 13.1. The summed E-state index contributed by atoms with van der Waals surface area (Å²) in [5.41, 5.74) is 2.02. The van der Waals surface area contributed by atoms with E-state index in [4.69, 9.17) is 4.74 Å². The Hall–Kier alpha value is -3.26. The van der Waals surface area contributed by atoms with Crippen molar-refractivity contribution in [2.45, 2.75) is 13.0 Å². The highest BCUT2D eigenvalue weighted by Crippen LogP contribution is 2.33. The topological polar surface area (TPSA) is 84.4 Å². The van der Waals surface area contributed by atoms with E-state index in [9.17, 15) is 9.59 Å². The molecule has 1 aromatic carbocycles. The number of para-hydroxylation sites is 2. The molecular formula is C19H16N4O3S. The third-order valence-electron chi connectivity index (χ3n) is 4.05. The number of amides is 2. The predicted octanol–water partition coefficient (Wildman–Crippen LogP) is 2.96. The molecule has 8 heteroatoms. The number of hydrogen-bond donors (Lipinski definition) is 1. The van der Waals surface area contributed by atoms with Crippen LogP contribution in [-0.2, 0) is 9.59 Å². The fourth-order valence-corrected chi connectivity index (χ4v) is 3.51. The van der Waals surface area contributed by atoms with Gasteiger partial charge in [0.25, 0.3) is 5.91 Å². The van der Waals surface area contributed by atoms with Gasteiger partial charge in [-0.1, -0.05) is 18.2 Å². The van der Waals surface area contributed by atoms with Crippen molar-refractivity contribution in [2.24, 2.45) is 0 Å². The second-order valence-corrected chi connectivity index (χ2v) is 6.81. The summed E-state index contributed by atoms with van der Waals surface area (Å²) in [6.07, 6.45) is 1.05. The van der Waals surface area contributed by atoms with Crippen molar-refractivity contribution in [3.8, 4) is 17.1 Å². The monoisotopic (exact) mass is 380 g/mol. The average molecular weight is 380 g/mol. The maximum Gasteiger partial charge on any atom is 0.268 e. The van der Waals surface area contributed by atoms with E-state index in [1.165, 1.54) is 16.2 Å². The fraction of sp³-hybridized carbons (Fsp3) is 0.158. The van der Waals surface area contributed by atoms with Crippen molar-refractivity contribution in [1.82, 2.24) is 9.97 Å². The molecule has 0 spiro atoms. The zero-order valence-corrected chi connectivity index (χ0v) is 15.3. The second-order valence-electron chi connectivity index (χ2n) is 5.95. The molecule has 1 aliphatic rings. The molecule has 0 fully saturated rings. The lowest BCUT2D eigenvalue weighted by Gasteiger charge is -2.32. The number of rotatable bonds is 4. The second kappa shape index (κ2) is 7.16. The van der Waals surface area contributed by atoms with Crippen LogP contribution in [0.4, 0.5) is 10.8 Å². The van der Waals surface area contributed by atoms with Crippen LogP contribution in [0.15, 0.2) is 54.0 Å². The Kier molecular flexibility index (Phi) is 4.55. The van der Waals surface area contributed by atoms with Gasteiger partial charge in [0, 0.05) is 11.6 Å². The van der Waals surface area contributed by atoms with E-state index in [1.54, 1.807) is 31.3 Å². The Morgan fingerprint density at radius 1 is 1.22 bits per heavy atom. The molecule has 7 nitrogen and oxygen atoms in total. The van der Waals surface area contributed by atoms with Crippen molar-refractivity contribution in [3.63, 3.8) is 0 Å². The summed E-state index contributed by atoms with van der Waals surface area (Å²) in [6, 6.07) is 12.7. The summed E-state index contributed by atoms with van der Waals surface area (Å²) in [6.45, 7) is 1.56. The van der Waals surface area contributed by atoms with E-state index in [0.717, 1.165) is 5.69 Å². The first-order valence-electron chi connectivity index (χ1n) is 8.35. The highest BCUT2D eigenvalue weighted by molar-refractivity contribution is 7.14. The van der Waals surface area contributed by atoms with Crippen LogP contribution < -0.4 is 15.0 Å². The largest absolute Gasteiger partial charge is 0.479 e. The van der Waals surface area contributed by atoms with Crippen LogP contribution in [0.1, 0.15) is 6.92 Å². The molecule has 0 bridgehead atoms. The van der Waals surface area contributed by atoms with Gasteiger partial charge in [-0.3, -0.25) is 19.5 Å². The molecule has 3 heterocycles. The summed E-state index contributed by atoms with van der Waals surface area (Å²) in [5.74, 6) is 0.00965. The van der Waals surface area contributed by atoms with Gasteiger partial charge >= 0.3 is 0 Å². The standard InChI is InChI=1S/C19H16N4O3S/c1-12-18(25)23(15-7-2-3-8-16(15)26-12)10-17(24)22-19-21-14(11-27-19)13-6-4-5-9-20-13/h2-9,11-12H,10H2,1H3,(H,21,22,24). The zero-order valence-electron chi connectivity index (χ0n) is 14.5. The number of nitrogens with one attached hydrogen (secondary N) is 1. The Morgan fingerprint density at radius 3 is 2.85 bits per heavy atom. The van der Waals surface area contributed by atoms with Crippen molar-refractivity contribution in [3.05, 3.63) is 54.0 Å². The van der Waals surface area contributed by atoms with Crippen molar-refractivity contribution in [1.29, 1.82) is 0 Å². The van der Waals surface area contributed by atoms with Gasteiger partial charge in [-0.25, -0.2) is 4.98 Å². The van der Waals surface area contributed by atoms with E-state index >= 15 is 0 Å². The number of nitrogens with zero attached hydrogens (tertiary/aromatic N) is 3. The number of carbonyl (C=O) groups excluding carboxylic acids is 2. The number of thiazole rings is 1. The van der Waals surface area contributed by atoms with Crippen LogP contribution in [0.3, 0.4) is 0 Å². The first-order valence-corrected chi connectivity index (χ1v) is 9.23. The molecule has 1 unspecified atom stereocenters. The lowest BCUT2D eigenvalue weighted by molar-refractivity contribution is -0.127. The minimum absolute atomic E-state index is 0.109. The molecule has 1 N–H and O–H groups in total. The third kappa shape index (κ3) is 3.52. The summed E-state index contributed by atoms with van der Waals surface area (Å²) in [4.78, 5) is 35.0. The number of hydrogen-bond acceptors (Lipinski definition) is 6. The van der Waals surface area contributed by atoms with Crippen molar-refractivity contribution in [2.75, 3.05) is 16.8 Å². The van der Waals surface area contributed by atoms with Gasteiger partial charge in [0.1, 0.15) is 18.0 Å². The number of ether oxygens (including phenoxy) is 1. The molecule has 27 heavy (non-hydrogen) atoms. The number of anilines is 2. The smallest absolute Gasteiger partial charge is 0.268 e. The number of aromatic nitrogens is 2. The quantitative estimate of drug-likeness (QED) is 0.752. The van der Waals surface area contributed by atoms with E-state index in [0.29, 0.717) is 22.3 Å². The SMILES string of the molecule is CC1Oc2ccccc2N(CC(=O)Nc2nc(-c3ccccn3)cs2)C1=O. The molecule has 0 radical (unpaired) electrons. The number of fused-ring (bicyclic) bond motifs is 1. The number of benzene rings is 1. The van der Waals surface area contributed by atoms with Gasteiger partial charge in [0.15, 0.2) is 11.2 Å². The highest BCUT2D eigenvalue weighted by Gasteiger charge is 2.32. The number of pyridine rings is 1. The van der Waals surface area contributed by atoms with Crippen LogP contribution in [-0.4, -0.2) is 34.4 Å². The molecule has 0 saturated carbocycles. The van der Waals surface area contributed by atoms with Crippen molar-refractivity contribution < 1.29 is 14.3 Å². The van der Waals surface area contributed by atoms with E-state index in [2.05, 4.69) is 15.3 Å². The Balaban J connectivity index is 1.48. The molecule has 2 aromatic heterocycles. The summed E-state index contributed by atoms with van der Waals surface area (Å²) < 4.78 is 5.59. The highest BCUT2D eigenvalue weighted by atomic mass is 32.1. The minimum Gasteiger partial charge on any atom is -0.479 e. The molecular weight excluding hydrogens is 364 g/mol. The number of carbonyl (C=O) groups is 2. The van der Waals surface area contributed by atoms with Crippen LogP contribution in [0.25, 0.3) is 11.4 Å². The van der Waals surface area contributed by atoms with Crippen LogP contribution in [0.2, 0.25) is 0 Å². The molecule has 4 rings (SSSR count). The predicted molar refractivity (Wildman–Crippen MR) is 103 cm³/mol.